The van der Waals surface area contributed by atoms with Gasteiger partial charge in [-0.05, 0) is 24.8 Å². The molecule has 25 heavy (non-hydrogen) atoms. The Balaban J connectivity index is 1.87. The van der Waals surface area contributed by atoms with Gasteiger partial charge in [-0.1, -0.05) is 0 Å². The van der Waals surface area contributed by atoms with Crippen molar-refractivity contribution in [2.24, 2.45) is 5.92 Å². The monoisotopic (exact) mass is 364 g/mol. The van der Waals surface area contributed by atoms with Crippen LogP contribution in [-0.4, -0.2) is 53.5 Å². The molecule has 2 heterocycles. The topological polar surface area (TPSA) is 88.4 Å². The third-order valence-electron chi connectivity index (χ3n) is 4.59. The molecule has 2 aromatic rings. The van der Waals surface area contributed by atoms with Crippen LogP contribution >= 0.6 is 0 Å². The molecule has 1 aliphatic rings. The van der Waals surface area contributed by atoms with E-state index in [1.807, 2.05) is 12.1 Å². The Morgan fingerprint density at radius 2 is 1.84 bits per heavy atom. The number of piperidine rings is 1. The van der Waals surface area contributed by atoms with Gasteiger partial charge in [-0.3, -0.25) is 8.99 Å². The molecule has 1 aromatic carbocycles. The number of nitrogens with zero attached hydrogens (tertiary/aromatic N) is 3. The molecular weight excluding hydrogens is 340 g/mol. The highest BCUT2D eigenvalue weighted by atomic mass is 32.2. The summed E-state index contributed by atoms with van der Waals surface area (Å²) in [6.07, 6.45) is 4.93. The maximum Gasteiger partial charge on any atom is 0.162 e. The van der Waals surface area contributed by atoms with Crippen molar-refractivity contribution in [1.82, 2.24) is 9.97 Å². The standard InChI is InChI=1S/C17H24N4O3S/c1-23-15-8-13-14(9-16(15)24-2)19-11-20-17(13)21-6-4-12(5-7-21)10-25(3,18)22/h8-9,11-12,18H,4-7,10H2,1-3H3/t25-/m1/s1. The van der Waals surface area contributed by atoms with Crippen LogP contribution in [0.3, 0.4) is 0 Å². The third kappa shape index (κ3) is 3.95. The Bertz CT molecular complexity index is 862. The van der Waals surface area contributed by atoms with E-state index in [0.717, 1.165) is 42.7 Å². The normalized spacial score (nSPS) is 18.1. The summed E-state index contributed by atoms with van der Waals surface area (Å²) >= 11 is 0. The van der Waals surface area contributed by atoms with Crippen molar-refractivity contribution in [3.63, 3.8) is 0 Å². The Kier molecular flexibility index (Phi) is 4.99. The molecule has 0 saturated carbocycles. The second kappa shape index (κ2) is 7.03. The molecule has 0 aliphatic carbocycles. The zero-order valence-corrected chi connectivity index (χ0v) is 15.6. The average molecular weight is 364 g/mol. The Morgan fingerprint density at radius 3 is 2.44 bits per heavy atom. The molecule has 0 unspecified atom stereocenters. The number of ether oxygens (including phenoxy) is 2. The lowest BCUT2D eigenvalue weighted by molar-refractivity contribution is 0.355. The molecule has 0 amide bonds. The van der Waals surface area contributed by atoms with Crippen molar-refractivity contribution < 1.29 is 13.7 Å². The highest BCUT2D eigenvalue weighted by Gasteiger charge is 2.24. The van der Waals surface area contributed by atoms with Crippen LogP contribution in [0.2, 0.25) is 0 Å². The fraction of sp³-hybridized carbons (Fsp3) is 0.529. The molecule has 3 rings (SSSR count). The number of nitrogens with one attached hydrogen (secondary N) is 1. The molecule has 136 valence electrons. The summed E-state index contributed by atoms with van der Waals surface area (Å²) in [5.41, 5.74) is 0.813. The smallest absolute Gasteiger partial charge is 0.162 e. The van der Waals surface area contributed by atoms with Crippen molar-refractivity contribution >= 4 is 26.4 Å². The molecule has 7 nitrogen and oxygen atoms in total. The number of hydrogen-bond acceptors (Lipinski definition) is 7. The first kappa shape index (κ1) is 17.7. The molecule has 0 bridgehead atoms. The number of anilines is 1. The van der Waals surface area contributed by atoms with Gasteiger partial charge >= 0.3 is 0 Å². The van der Waals surface area contributed by atoms with E-state index < -0.39 is 9.73 Å². The van der Waals surface area contributed by atoms with Gasteiger partial charge in [-0.2, -0.15) is 0 Å². The van der Waals surface area contributed by atoms with Gasteiger partial charge in [-0.25, -0.2) is 9.97 Å². The largest absolute Gasteiger partial charge is 0.493 e. The molecular formula is C17H24N4O3S. The first-order chi connectivity index (χ1) is 11.9. The molecule has 1 saturated heterocycles. The number of fused-ring (bicyclic) bond motifs is 1. The van der Waals surface area contributed by atoms with Crippen LogP contribution in [0.15, 0.2) is 18.5 Å². The Morgan fingerprint density at radius 1 is 1.20 bits per heavy atom. The average Bonchev–Trinajstić information content (AvgIpc) is 2.59. The summed E-state index contributed by atoms with van der Waals surface area (Å²) in [6.45, 7) is 1.67. The minimum atomic E-state index is -2.43. The molecule has 1 fully saturated rings. The summed E-state index contributed by atoms with van der Waals surface area (Å²) in [6, 6.07) is 3.77. The number of benzene rings is 1. The van der Waals surface area contributed by atoms with Gasteiger partial charge in [0, 0.05) is 46.3 Å². The fourth-order valence-electron chi connectivity index (χ4n) is 3.38. The molecule has 0 radical (unpaired) electrons. The van der Waals surface area contributed by atoms with Gasteiger partial charge in [0.15, 0.2) is 11.5 Å². The number of rotatable bonds is 5. The predicted molar refractivity (Wildman–Crippen MR) is 99.2 cm³/mol. The van der Waals surface area contributed by atoms with Gasteiger partial charge < -0.3 is 14.4 Å². The lowest BCUT2D eigenvalue weighted by Gasteiger charge is -2.33. The van der Waals surface area contributed by atoms with Crippen LogP contribution < -0.4 is 14.4 Å². The summed E-state index contributed by atoms with van der Waals surface area (Å²) < 4.78 is 30.1. The highest BCUT2D eigenvalue weighted by Crippen LogP contribution is 2.35. The van der Waals surface area contributed by atoms with Crippen molar-refractivity contribution in [2.75, 3.05) is 44.2 Å². The molecule has 0 spiro atoms. The van der Waals surface area contributed by atoms with E-state index in [4.69, 9.17) is 14.3 Å². The molecule has 1 atom stereocenters. The zero-order valence-electron chi connectivity index (χ0n) is 14.8. The van der Waals surface area contributed by atoms with Crippen LogP contribution in [0.5, 0.6) is 11.5 Å². The van der Waals surface area contributed by atoms with Crippen LogP contribution in [-0.2, 0) is 9.73 Å². The van der Waals surface area contributed by atoms with E-state index >= 15 is 0 Å². The molecule has 1 aliphatic heterocycles. The van der Waals surface area contributed by atoms with Gasteiger partial charge in [0.25, 0.3) is 0 Å². The van der Waals surface area contributed by atoms with Gasteiger partial charge in [-0.15, -0.1) is 0 Å². The second-order valence-corrected chi connectivity index (χ2v) is 8.87. The quantitative estimate of drug-likeness (QED) is 0.877. The number of methoxy groups -OCH3 is 2. The van der Waals surface area contributed by atoms with E-state index in [0.29, 0.717) is 23.2 Å². The summed E-state index contributed by atoms with van der Waals surface area (Å²) in [5, 5.41) is 0.929. The van der Waals surface area contributed by atoms with E-state index in [1.54, 1.807) is 20.5 Å². The summed E-state index contributed by atoms with van der Waals surface area (Å²) in [4.78, 5) is 11.1. The second-order valence-electron chi connectivity index (χ2n) is 6.52. The van der Waals surface area contributed by atoms with E-state index in [2.05, 4.69) is 14.9 Å². The minimum Gasteiger partial charge on any atom is -0.493 e. The fourth-order valence-corrected chi connectivity index (χ4v) is 4.62. The first-order valence-corrected chi connectivity index (χ1v) is 10.4. The molecule has 1 aromatic heterocycles. The number of hydrogen-bond donors (Lipinski definition) is 1. The lowest BCUT2D eigenvalue weighted by Crippen LogP contribution is -2.36. The maximum absolute atomic E-state index is 11.7. The van der Waals surface area contributed by atoms with Crippen molar-refractivity contribution in [3.05, 3.63) is 18.5 Å². The highest BCUT2D eigenvalue weighted by molar-refractivity contribution is 7.91. The van der Waals surface area contributed by atoms with Crippen LogP contribution in [0.4, 0.5) is 5.82 Å². The van der Waals surface area contributed by atoms with E-state index in [-0.39, 0.29) is 0 Å². The first-order valence-electron chi connectivity index (χ1n) is 8.24. The van der Waals surface area contributed by atoms with Crippen molar-refractivity contribution in [1.29, 1.82) is 4.78 Å². The van der Waals surface area contributed by atoms with Gasteiger partial charge in [0.2, 0.25) is 0 Å². The zero-order chi connectivity index (χ0) is 18.0. The molecule has 1 N–H and O–H groups in total. The van der Waals surface area contributed by atoms with Crippen LogP contribution in [0.1, 0.15) is 12.8 Å². The number of aromatic nitrogens is 2. The minimum absolute atomic E-state index is 0.342. The lowest BCUT2D eigenvalue weighted by atomic mass is 9.98. The Labute approximate surface area is 148 Å². The Hall–Kier alpha value is -2.09. The predicted octanol–water partition coefficient (Wildman–Crippen LogP) is 2.54. The third-order valence-corrected chi connectivity index (χ3v) is 5.69. The SMILES string of the molecule is COc1cc2ncnc(N3CCC(C[S@](C)(=N)=O)CC3)c2cc1OC. The van der Waals surface area contributed by atoms with E-state index in [1.165, 1.54) is 6.26 Å². The van der Waals surface area contributed by atoms with E-state index in [9.17, 15) is 4.21 Å². The maximum atomic E-state index is 11.7. The van der Waals surface area contributed by atoms with Gasteiger partial charge in [0.1, 0.15) is 12.1 Å². The summed E-state index contributed by atoms with van der Waals surface area (Å²) in [5.74, 6) is 3.00. The molecule has 8 heteroatoms. The van der Waals surface area contributed by atoms with Gasteiger partial charge in [0.05, 0.1) is 19.7 Å². The van der Waals surface area contributed by atoms with Crippen molar-refractivity contribution in [3.8, 4) is 11.5 Å². The van der Waals surface area contributed by atoms with Crippen LogP contribution in [0, 0.1) is 10.7 Å². The van der Waals surface area contributed by atoms with Crippen LogP contribution in [0.25, 0.3) is 10.9 Å². The van der Waals surface area contributed by atoms with Crippen molar-refractivity contribution in [2.45, 2.75) is 12.8 Å². The summed E-state index contributed by atoms with van der Waals surface area (Å²) in [7, 11) is 0.787.